The van der Waals surface area contributed by atoms with Gasteiger partial charge in [0.15, 0.2) is 6.04 Å². The molecule has 0 aliphatic heterocycles. The molecule has 2 atom stereocenters. The predicted molar refractivity (Wildman–Crippen MR) is 56.9 cm³/mol. The van der Waals surface area contributed by atoms with Gasteiger partial charge in [-0.05, 0) is 27.7 Å². The number of carbonyl (C=O) groups is 2. The fraction of sp³-hybridized carbons (Fsp3) is 0.800. The minimum absolute atomic E-state index is 0.663. The molecule has 0 aromatic rings. The molecule has 0 aromatic carbocycles. The molecule has 0 aliphatic rings. The minimum atomic E-state index is -1.13. The van der Waals surface area contributed by atoms with E-state index in [-0.39, 0.29) is 0 Å². The van der Waals surface area contributed by atoms with Crippen molar-refractivity contribution in [2.45, 2.75) is 45.4 Å². The highest BCUT2D eigenvalue weighted by Crippen LogP contribution is 2.07. The third-order valence-corrected chi connectivity index (χ3v) is 1.61. The van der Waals surface area contributed by atoms with Crippen molar-refractivity contribution < 1.29 is 24.2 Å². The summed E-state index contributed by atoms with van der Waals surface area (Å²) in [7, 11) is 1.18. The van der Waals surface area contributed by atoms with Crippen LogP contribution in [0.3, 0.4) is 0 Å². The predicted octanol–water partition coefficient (Wildman–Crippen LogP) is 0.433. The van der Waals surface area contributed by atoms with Crippen molar-refractivity contribution in [1.29, 1.82) is 0 Å². The topological polar surface area (TPSA) is 84.9 Å². The van der Waals surface area contributed by atoms with Crippen molar-refractivity contribution in [2.24, 2.45) is 0 Å². The summed E-state index contributed by atoms with van der Waals surface area (Å²) in [4.78, 5) is 22.5. The Morgan fingerprint density at radius 2 is 1.81 bits per heavy atom. The molecule has 1 amide bonds. The Balaban J connectivity index is 4.42. The Morgan fingerprint density at radius 3 is 2.12 bits per heavy atom. The summed E-state index contributed by atoms with van der Waals surface area (Å²) in [5.74, 6) is -0.721. The van der Waals surface area contributed by atoms with Gasteiger partial charge in [0.25, 0.3) is 0 Å². The van der Waals surface area contributed by atoms with Gasteiger partial charge in [-0.2, -0.15) is 0 Å². The van der Waals surface area contributed by atoms with Crippen LogP contribution in [0.4, 0.5) is 4.79 Å². The number of nitrogens with one attached hydrogen (secondary N) is 1. The van der Waals surface area contributed by atoms with Crippen molar-refractivity contribution in [1.82, 2.24) is 5.32 Å². The average molecular weight is 233 g/mol. The molecule has 0 aliphatic carbocycles. The second kappa shape index (κ2) is 5.69. The van der Waals surface area contributed by atoms with Crippen LogP contribution in [0, 0.1) is 0 Å². The maximum atomic E-state index is 11.3. The number of carbonyl (C=O) groups excluding carboxylic acids is 2. The van der Waals surface area contributed by atoms with E-state index in [0.717, 1.165) is 0 Å². The fourth-order valence-corrected chi connectivity index (χ4v) is 0.938. The Bertz CT molecular complexity index is 256. The fourth-order valence-electron chi connectivity index (χ4n) is 0.938. The van der Waals surface area contributed by atoms with E-state index in [0.29, 0.717) is 0 Å². The van der Waals surface area contributed by atoms with Crippen LogP contribution >= 0.6 is 0 Å². The number of ether oxygens (including phenoxy) is 2. The van der Waals surface area contributed by atoms with E-state index in [1.165, 1.54) is 14.0 Å². The largest absolute Gasteiger partial charge is 0.467 e. The highest BCUT2D eigenvalue weighted by Gasteiger charge is 2.28. The summed E-state index contributed by atoms with van der Waals surface area (Å²) in [5, 5.41) is 11.5. The third kappa shape index (κ3) is 5.55. The monoisotopic (exact) mass is 233 g/mol. The van der Waals surface area contributed by atoms with E-state index in [4.69, 9.17) is 4.74 Å². The molecule has 0 saturated heterocycles. The Morgan fingerprint density at radius 1 is 1.31 bits per heavy atom. The molecule has 0 bridgehead atoms. The van der Waals surface area contributed by atoms with Crippen LogP contribution in [0.15, 0.2) is 0 Å². The zero-order valence-electron chi connectivity index (χ0n) is 10.2. The first-order chi connectivity index (χ1) is 7.17. The maximum absolute atomic E-state index is 11.3. The Hall–Kier alpha value is -1.30. The number of alkyl carbamates (subject to hydrolysis) is 1. The van der Waals surface area contributed by atoms with Gasteiger partial charge in [-0.25, -0.2) is 9.59 Å². The van der Waals surface area contributed by atoms with Gasteiger partial charge in [0.05, 0.1) is 13.2 Å². The van der Waals surface area contributed by atoms with E-state index in [9.17, 15) is 14.7 Å². The second-order valence-electron chi connectivity index (χ2n) is 4.39. The van der Waals surface area contributed by atoms with Crippen LogP contribution in [0.5, 0.6) is 0 Å². The molecule has 0 rings (SSSR count). The Labute approximate surface area is 94.9 Å². The van der Waals surface area contributed by atoms with Crippen LogP contribution < -0.4 is 5.32 Å². The first-order valence-corrected chi connectivity index (χ1v) is 4.93. The summed E-state index contributed by atoms with van der Waals surface area (Å²) in [6, 6.07) is -1.13. The molecule has 0 heterocycles. The number of hydrogen-bond acceptors (Lipinski definition) is 5. The molecule has 0 aromatic heterocycles. The lowest BCUT2D eigenvalue weighted by atomic mass is 10.2. The van der Waals surface area contributed by atoms with Crippen LogP contribution in [0.25, 0.3) is 0 Å². The molecule has 16 heavy (non-hydrogen) atoms. The van der Waals surface area contributed by atoms with E-state index in [1.807, 2.05) is 0 Å². The standard InChI is InChI=1S/C10H19NO5/c1-6(12)7(8(13)15-5)11-9(14)16-10(2,3)4/h6-7,12H,1-5H3,(H,11,14)/t6-,7-/m0/s1. The molecule has 0 radical (unpaired) electrons. The molecule has 0 saturated carbocycles. The molecule has 0 fully saturated rings. The van der Waals surface area contributed by atoms with Gasteiger partial charge in [-0.3, -0.25) is 0 Å². The number of hydrogen-bond donors (Lipinski definition) is 2. The summed E-state index contributed by atoms with van der Waals surface area (Å²) in [6.45, 7) is 6.46. The highest BCUT2D eigenvalue weighted by atomic mass is 16.6. The second-order valence-corrected chi connectivity index (χ2v) is 4.39. The van der Waals surface area contributed by atoms with Crippen LogP contribution in [0.2, 0.25) is 0 Å². The van der Waals surface area contributed by atoms with Crippen molar-refractivity contribution in [3.8, 4) is 0 Å². The number of amides is 1. The van der Waals surface area contributed by atoms with Crippen LogP contribution in [0.1, 0.15) is 27.7 Å². The third-order valence-electron chi connectivity index (χ3n) is 1.61. The highest BCUT2D eigenvalue weighted by molar-refractivity contribution is 5.81. The SMILES string of the molecule is COC(=O)[C@@H](NC(=O)OC(C)(C)C)[C@H](C)O. The maximum Gasteiger partial charge on any atom is 0.408 e. The number of esters is 1. The number of rotatable bonds is 3. The molecular formula is C10H19NO5. The molecule has 0 spiro atoms. The van der Waals surface area contributed by atoms with Crippen molar-refractivity contribution in [3.05, 3.63) is 0 Å². The molecule has 0 unspecified atom stereocenters. The molecular weight excluding hydrogens is 214 g/mol. The Kier molecular flexibility index (Phi) is 5.23. The summed E-state index contributed by atoms with van der Waals surface area (Å²) < 4.78 is 9.38. The van der Waals surface area contributed by atoms with Gasteiger partial charge in [0.1, 0.15) is 5.60 Å². The number of aliphatic hydroxyl groups is 1. The number of aliphatic hydroxyl groups excluding tert-OH is 1. The van der Waals surface area contributed by atoms with Crippen LogP contribution in [-0.2, 0) is 14.3 Å². The smallest absolute Gasteiger partial charge is 0.408 e. The average Bonchev–Trinajstić information content (AvgIpc) is 2.09. The van der Waals surface area contributed by atoms with E-state index in [2.05, 4.69) is 10.1 Å². The van der Waals surface area contributed by atoms with E-state index >= 15 is 0 Å². The van der Waals surface area contributed by atoms with Gasteiger partial charge >= 0.3 is 12.1 Å². The van der Waals surface area contributed by atoms with Gasteiger partial charge in [-0.15, -0.1) is 0 Å². The molecule has 6 heteroatoms. The molecule has 94 valence electrons. The van der Waals surface area contributed by atoms with E-state index < -0.39 is 29.8 Å². The van der Waals surface area contributed by atoms with Crippen molar-refractivity contribution >= 4 is 12.1 Å². The lowest BCUT2D eigenvalue weighted by Crippen LogP contribution is -2.49. The van der Waals surface area contributed by atoms with Crippen molar-refractivity contribution in [3.63, 3.8) is 0 Å². The van der Waals surface area contributed by atoms with Gasteiger partial charge in [-0.1, -0.05) is 0 Å². The van der Waals surface area contributed by atoms with Gasteiger partial charge < -0.3 is 19.9 Å². The van der Waals surface area contributed by atoms with Crippen molar-refractivity contribution in [2.75, 3.05) is 7.11 Å². The number of methoxy groups -OCH3 is 1. The quantitative estimate of drug-likeness (QED) is 0.691. The van der Waals surface area contributed by atoms with E-state index in [1.54, 1.807) is 20.8 Å². The zero-order chi connectivity index (χ0) is 12.9. The first-order valence-electron chi connectivity index (χ1n) is 4.93. The lowest BCUT2D eigenvalue weighted by Gasteiger charge is -2.23. The van der Waals surface area contributed by atoms with Crippen LogP contribution in [-0.4, -0.2) is 42.0 Å². The summed E-state index contributed by atoms with van der Waals surface area (Å²) >= 11 is 0. The normalized spacial score (nSPS) is 14.9. The van der Waals surface area contributed by atoms with Gasteiger partial charge in [0.2, 0.25) is 0 Å². The summed E-state index contributed by atoms with van der Waals surface area (Å²) in [5.41, 5.74) is -0.663. The summed E-state index contributed by atoms with van der Waals surface area (Å²) in [6.07, 6.45) is -1.83. The lowest BCUT2D eigenvalue weighted by molar-refractivity contribution is -0.145. The zero-order valence-corrected chi connectivity index (χ0v) is 10.2. The molecule has 2 N–H and O–H groups in total. The molecule has 6 nitrogen and oxygen atoms in total. The first kappa shape index (κ1) is 14.7. The van der Waals surface area contributed by atoms with Gasteiger partial charge in [0, 0.05) is 0 Å². The minimum Gasteiger partial charge on any atom is -0.467 e.